The van der Waals surface area contributed by atoms with Gasteiger partial charge < -0.3 is 14.9 Å². The fourth-order valence-electron chi connectivity index (χ4n) is 1.44. The Balaban J connectivity index is 4.75. The molecule has 0 spiro atoms. The molecule has 0 saturated heterocycles. The quantitative estimate of drug-likeness (QED) is 0.398. The smallest absolute Gasteiger partial charge is 0.334 e. The van der Waals surface area contributed by atoms with Gasteiger partial charge in [0.1, 0.15) is 0 Å². The van der Waals surface area contributed by atoms with E-state index in [0.717, 1.165) is 18.9 Å². The van der Waals surface area contributed by atoms with Crippen LogP contribution in [0.25, 0.3) is 0 Å². The van der Waals surface area contributed by atoms with Crippen LogP contribution < -0.4 is 0 Å². The summed E-state index contributed by atoms with van der Waals surface area (Å²) >= 11 is 0. The molecule has 0 radical (unpaired) electrons. The van der Waals surface area contributed by atoms with Gasteiger partial charge in [0.15, 0.2) is 0 Å². The Kier molecular flexibility index (Phi) is 5.68. The first-order valence-corrected chi connectivity index (χ1v) is 5.63. The highest BCUT2D eigenvalue weighted by molar-refractivity contribution is 5.81. The summed E-state index contributed by atoms with van der Waals surface area (Å²) in [6.07, 6.45) is 3.79. The maximum atomic E-state index is 11.0. The molecule has 0 aliphatic rings. The highest BCUT2D eigenvalue weighted by Crippen LogP contribution is 2.38. The van der Waals surface area contributed by atoms with Gasteiger partial charge in [0, 0.05) is 6.08 Å². The third kappa shape index (κ3) is 3.61. The molecule has 94 valence electrons. The number of rotatable bonds is 7. The second-order valence-electron chi connectivity index (χ2n) is 4.25. The molecule has 0 fully saturated rings. The molecule has 0 aromatic heterocycles. The van der Waals surface area contributed by atoms with Gasteiger partial charge >= 0.3 is 11.9 Å². The van der Waals surface area contributed by atoms with E-state index in [2.05, 4.69) is 11.3 Å². The second-order valence-corrected chi connectivity index (χ2v) is 4.25. The Morgan fingerprint density at radius 1 is 1.44 bits per heavy atom. The van der Waals surface area contributed by atoms with E-state index in [1.165, 1.54) is 0 Å². The van der Waals surface area contributed by atoms with Crippen molar-refractivity contribution in [2.24, 2.45) is 5.41 Å². The minimum absolute atomic E-state index is 0.504. The number of hydrogen-bond donors (Lipinski definition) is 2. The lowest BCUT2D eigenvalue weighted by Crippen LogP contribution is -2.49. The Morgan fingerprint density at radius 2 is 2.00 bits per heavy atom. The first kappa shape index (κ1) is 15.1. The monoisotopic (exact) mass is 230 g/mol. The van der Waals surface area contributed by atoms with Crippen molar-refractivity contribution >= 4 is 5.97 Å². The zero-order valence-corrected chi connectivity index (χ0v) is 10.3. The topological polar surface area (TPSA) is 66.8 Å². The Morgan fingerprint density at radius 3 is 2.38 bits per heavy atom. The first-order chi connectivity index (χ1) is 7.33. The molecule has 0 amide bonds. The van der Waals surface area contributed by atoms with E-state index < -0.39 is 17.4 Å². The Bertz CT molecular complexity index is 247. The molecule has 16 heavy (non-hydrogen) atoms. The molecule has 0 aromatic rings. The van der Waals surface area contributed by atoms with E-state index in [1.807, 2.05) is 13.8 Å². The highest BCUT2D eigenvalue weighted by Gasteiger charge is 2.47. The zero-order chi connectivity index (χ0) is 12.8. The van der Waals surface area contributed by atoms with Gasteiger partial charge in [-0.2, -0.15) is 0 Å². The van der Waals surface area contributed by atoms with Crippen LogP contribution in [0.5, 0.6) is 0 Å². The summed E-state index contributed by atoms with van der Waals surface area (Å²) in [4.78, 5) is 11.0. The standard InChI is InChI=1S/C12H22O4/c1-5-8-9-11(4,7-3)12(14,15)16-10(13)6-2/h6,14-15H,2,5,7-9H2,1,3-4H3. The molecule has 1 atom stereocenters. The van der Waals surface area contributed by atoms with Crippen LogP contribution in [0.2, 0.25) is 0 Å². The summed E-state index contributed by atoms with van der Waals surface area (Å²) in [7, 11) is 0. The molecule has 0 aromatic carbocycles. The van der Waals surface area contributed by atoms with Crippen LogP contribution in [-0.4, -0.2) is 22.2 Å². The largest absolute Gasteiger partial charge is 0.404 e. The lowest BCUT2D eigenvalue weighted by atomic mass is 9.79. The van der Waals surface area contributed by atoms with Crippen molar-refractivity contribution < 1.29 is 19.7 Å². The predicted octanol–water partition coefficient (Wildman–Crippen LogP) is 1.96. The zero-order valence-electron chi connectivity index (χ0n) is 10.3. The molecule has 0 saturated carbocycles. The molecule has 0 bridgehead atoms. The minimum atomic E-state index is -2.44. The van der Waals surface area contributed by atoms with Crippen LogP contribution in [0, 0.1) is 5.41 Å². The van der Waals surface area contributed by atoms with E-state index in [4.69, 9.17) is 0 Å². The van der Waals surface area contributed by atoms with Crippen LogP contribution in [0.3, 0.4) is 0 Å². The van der Waals surface area contributed by atoms with E-state index in [9.17, 15) is 15.0 Å². The fourth-order valence-corrected chi connectivity index (χ4v) is 1.44. The summed E-state index contributed by atoms with van der Waals surface area (Å²) in [5.41, 5.74) is -0.859. The number of carbonyl (C=O) groups is 1. The van der Waals surface area contributed by atoms with E-state index in [0.29, 0.717) is 12.8 Å². The average Bonchev–Trinajstić information content (AvgIpc) is 2.24. The summed E-state index contributed by atoms with van der Waals surface area (Å²) in [5.74, 6) is -3.27. The van der Waals surface area contributed by atoms with Crippen LogP contribution in [0.4, 0.5) is 0 Å². The number of hydrogen-bond acceptors (Lipinski definition) is 4. The third-order valence-corrected chi connectivity index (χ3v) is 3.06. The van der Waals surface area contributed by atoms with Crippen molar-refractivity contribution in [2.75, 3.05) is 0 Å². The van der Waals surface area contributed by atoms with Crippen molar-refractivity contribution in [3.8, 4) is 0 Å². The van der Waals surface area contributed by atoms with Crippen LogP contribution in [-0.2, 0) is 9.53 Å². The minimum Gasteiger partial charge on any atom is -0.404 e. The van der Waals surface area contributed by atoms with Gasteiger partial charge in [-0.25, -0.2) is 4.79 Å². The number of unbranched alkanes of at least 4 members (excludes halogenated alkanes) is 1. The number of esters is 1. The molecular weight excluding hydrogens is 208 g/mol. The summed E-state index contributed by atoms with van der Waals surface area (Å²) in [5, 5.41) is 19.7. The molecule has 0 aliphatic heterocycles. The lowest BCUT2D eigenvalue weighted by molar-refractivity contribution is -0.373. The van der Waals surface area contributed by atoms with Gasteiger partial charge in [-0.3, -0.25) is 0 Å². The summed E-state index contributed by atoms with van der Waals surface area (Å²) in [6.45, 7) is 8.76. The predicted molar refractivity (Wildman–Crippen MR) is 61.4 cm³/mol. The molecule has 4 heteroatoms. The van der Waals surface area contributed by atoms with Crippen molar-refractivity contribution in [3.05, 3.63) is 12.7 Å². The SMILES string of the molecule is C=CC(=O)OC(O)(O)C(C)(CC)CCCC. The highest BCUT2D eigenvalue weighted by atomic mass is 16.8. The maximum absolute atomic E-state index is 11.0. The normalized spacial score (nSPS) is 15.3. The Labute approximate surface area is 96.9 Å². The molecule has 0 heterocycles. The number of aliphatic hydroxyl groups is 2. The summed E-state index contributed by atoms with van der Waals surface area (Å²) < 4.78 is 4.59. The van der Waals surface area contributed by atoms with Crippen LogP contribution in [0.15, 0.2) is 12.7 Å². The van der Waals surface area contributed by atoms with Gasteiger partial charge in [-0.15, -0.1) is 0 Å². The van der Waals surface area contributed by atoms with Crippen molar-refractivity contribution in [2.45, 2.75) is 52.4 Å². The van der Waals surface area contributed by atoms with Crippen molar-refractivity contribution in [3.63, 3.8) is 0 Å². The maximum Gasteiger partial charge on any atom is 0.334 e. The first-order valence-electron chi connectivity index (χ1n) is 5.63. The summed E-state index contributed by atoms with van der Waals surface area (Å²) in [6, 6.07) is 0. The van der Waals surface area contributed by atoms with Gasteiger partial charge in [0.25, 0.3) is 0 Å². The second kappa shape index (κ2) is 6.01. The molecule has 0 rings (SSSR count). The van der Waals surface area contributed by atoms with Crippen LogP contribution in [0.1, 0.15) is 46.5 Å². The average molecular weight is 230 g/mol. The molecule has 1 unspecified atom stereocenters. The molecule has 2 N–H and O–H groups in total. The van der Waals surface area contributed by atoms with E-state index in [-0.39, 0.29) is 0 Å². The molecular formula is C12H22O4. The van der Waals surface area contributed by atoms with E-state index in [1.54, 1.807) is 6.92 Å². The molecule has 4 nitrogen and oxygen atoms in total. The van der Waals surface area contributed by atoms with Crippen molar-refractivity contribution in [1.82, 2.24) is 0 Å². The van der Waals surface area contributed by atoms with Gasteiger partial charge in [0.05, 0.1) is 5.41 Å². The fraction of sp³-hybridized carbons (Fsp3) is 0.750. The van der Waals surface area contributed by atoms with Crippen LogP contribution >= 0.6 is 0 Å². The third-order valence-electron chi connectivity index (χ3n) is 3.06. The number of ether oxygens (including phenoxy) is 1. The molecule has 0 aliphatic carbocycles. The number of carbonyl (C=O) groups excluding carboxylic acids is 1. The van der Waals surface area contributed by atoms with Gasteiger partial charge in [0.2, 0.25) is 0 Å². The lowest BCUT2D eigenvalue weighted by Gasteiger charge is -2.38. The Hall–Kier alpha value is -0.870. The van der Waals surface area contributed by atoms with Gasteiger partial charge in [-0.05, 0) is 12.8 Å². The van der Waals surface area contributed by atoms with E-state index >= 15 is 0 Å². The van der Waals surface area contributed by atoms with Crippen molar-refractivity contribution in [1.29, 1.82) is 0 Å². The van der Waals surface area contributed by atoms with Gasteiger partial charge in [-0.1, -0.05) is 40.2 Å².